The van der Waals surface area contributed by atoms with Gasteiger partial charge in [-0.1, -0.05) is 84.9 Å². The average molecular weight is 474 g/mol. The third-order valence-electron chi connectivity index (χ3n) is 6.10. The average Bonchev–Trinajstić information content (AvgIpc) is 2.88. The summed E-state index contributed by atoms with van der Waals surface area (Å²) in [7, 11) is 0. The monoisotopic (exact) mass is 473 g/mol. The van der Waals surface area contributed by atoms with Crippen LogP contribution in [0, 0.1) is 35.1 Å². The maximum Gasteiger partial charge on any atom is 0.138 e. The molecule has 0 amide bonds. The molecule has 0 aromatic heterocycles. The Morgan fingerprint density at radius 2 is 1.31 bits per heavy atom. The van der Waals surface area contributed by atoms with Crippen LogP contribution in [0.25, 0.3) is 11.6 Å². The van der Waals surface area contributed by atoms with Gasteiger partial charge < -0.3 is 12.2 Å². The highest BCUT2D eigenvalue weighted by molar-refractivity contribution is 5.87. The SMILES string of the molecule is C/C=c1\c(C)cc2c(c1C)Oc1c(cc(C)c(CC)c1C)C=2c1ccccc1.CC.CC.CC.[CH3-]. The highest BCUT2D eigenvalue weighted by Crippen LogP contribution is 2.41. The molecule has 0 unspecified atom stereocenters. The van der Waals surface area contributed by atoms with E-state index in [-0.39, 0.29) is 7.43 Å². The third-order valence-corrected chi connectivity index (χ3v) is 6.10. The lowest BCUT2D eigenvalue weighted by Crippen LogP contribution is -2.25. The second-order valence-electron chi connectivity index (χ2n) is 7.77. The summed E-state index contributed by atoms with van der Waals surface area (Å²) >= 11 is 0. The molecule has 1 nitrogen and oxygen atoms in total. The van der Waals surface area contributed by atoms with Crippen molar-refractivity contribution in [3.63, 3.8) is 0 Å². The van der Waals surface area contributed by atoms with Crippen molar-refractivity contribution >= 4 is 11.6 Å². The number of hydrogen-bond donors (Lipinski definition) is 0. The van der Waals surface area contributed by atoms with Gasteiger partial charge in [0.15, 0.2) is 0 Å². The molecule has 1 heteroatoms. The predicted octanol–water partition coefficient (Wildman–Crippen LogP) is 9.16. The summed E-state index contributed by atoms with van der Waals surface area (Å²) in [5.41, 5.74) is 10.2. The molecule has 3 aromatic carbocycles. The summed E-state index contributed by atoms with van der Waals surface area (Å²) in [5.74, 6) is 2.02. The molecule has 0 saturated heterocycles. The van der Waals surface area contributed by atoms with E-state index >= 15 is 0 Å². The standard InChI is InChI=1S/C27H28O.3C2H6.CH3/c1-7-21-16(3)14-23-25(20-12-10-9-11-13-20)24-15-17(4)22(8-2)19(6)27(24)28-26(23)18(21)5;3*1-2;/h7,9-15H,8H2,1-6H3;3*1-2H3;1H3/q;;;;-1/b21-7+;;;;. The van der Waals surface area contributed by atoms with Gasteiger partial charge in [0, 0.05) is 16.4 Å². The summed E-state index contributed by atoms with van der Waals surface area (Å²) in [5, 5.41) is 2.47. The summed E-state index contributed by atoms with van der Waals surface area (Å²) in [4.78, 5) is 0. The Kier molecular flexibility index (Phi) is 14.0. The Morgan fingerprint density at radius 3 is 1.83 bits per heavy atom. The molecule has 0 aliphatic carbocycles. The summed E-state index contributed by atoms with van der Waals surface area (Å²) in [6.07, 6.45) is 3.20. The van der Waals surface area contributed by atoms with Crippen molar-refractivity contribution in [2.24, 2.45) is 0 Å². The molecule has 0 radical (unpaired) electrons. The minimum absolute atomic E-state index is 0. The summed E-state index contributed by atoms with van der Waals surface area (Å²) < 4.78 is 6.64. The lowest BCUT2D eigenvalue weighted by atomic mass is 9.86. The maximum absolute atomic E-state index is 6.64. The van der Waals surface area contributed by atoms with E-state index in [0.717, 1.165) is 17.9 Å². The van der Waals surface area contributed by atoms with Crippen molar-refractivity contribution in [2.45, 2.75) is 89.5 Å². The van der Waals surface area contributed by atoms with E-state index in [0.29, 0.717) is 0 Å². The van der Waals surface area contributed by atoms with Crippen LogP contribution in [0.15, 0.2) is 42.5 Å². The molecule has 0 fully saturated rings. The Balaban J connectivity index is 0.00000154. The number of hydrogen-bond acceptors (Lipinski definition) is 1. The van der Waals surface area contributed by atoms with E-state index in [4.69, 9.17) is 4.74 Å². The van der Waals surface area contributed by atoms with E-state index < -0.39 is 0 Å². The molecule has 192 valence electrons. The van der Waals surface area contributed by atoms with Crippen LogP contribution >= 0.6 is 0 Å². The largest absolute Gasteiger partial charge is 0.455 e. The predicted molar refractivity (Wildman–Crippen MR) is 159 cm³/mol. The van der Waals surface area contributed by atoms with Crippen LogP contribution in [0.4, 0.5) is 0 Å². The van der Waals surface area contributed by atoms with Gasteiger partial charge in [-0.15, -0.1) is 0 Å². The van der Waals surface area contributed by atoms with Crippen LogP contribution in [0.3, 0.4) is 0 Å². The fourth-order valence-electron chi connectivity index (χ4n) is 4.77. The second kappa shape index (κ2) is 15.2. The summed E-state index contributed by atoms with van der Waals surface area (Å²) in [6, 6.07) is 15.3. The van der Waals surface area contributed by atoms with Gasteiger partial charge in [0.1, 0.15) is 11.5 Å². The van der Waals surface area contributed by atoms with E-state index in [1.165, 1.54) is 55.0 Å². The van der Waals surface area contributed by atoms with Gasteiger partial charge in [0.25, 0.3) is 0 Å². The van der Waals surface area contributed by atoms with E-state index in [9.17, 15) is 0 Å². The Morgan fingerprint density at radius 1 is 0.743 bits per heavy atom. The van der Waals surface area contributed by atoms with Gasteiger partial charge in [-0.25, -0.2) is 0 Å². The van der Waals surface area contributed by atoms with Crippen molar-refractivity contribution in [1.29, 1.82) is 0 Å². The van der Waals surface area contributed by atoms with Gasteiger partial charge in [0.2, 0.25) is 0 Å². The molecule has 3 aromatic rings. The van der Waals surface area contributed by atoms with Crippen LogP contribution in [-0.4, -0.2) is 0 Å². The number of fused-ring (bicyclic) bond motifs is 2. The fourth-order valence-corrected chi connectivity index (χ4v) is 4.77. The van der Waals surface area contributed by atoms with Crippen LogP contribution in [0.1, 0.15) is 94.3 Å². The molecule has 4 rings (SSSR count). The van der Waals surface area contributed by atoms with Crippen molar-refractivity contribution in [2.75, 3.05) is 0 Å². The molecule has 0 bridgehead atoms. The minimum atomic E-state index is 0. The van der Waals surface area contributed by atoms with Crippen molar-refractivity contribution in [3.05, 3.63) is 99.3 Å². The van der Waals surface area contributed by atoms with Gasteiger partial charge in [-0.2, -0.15) is 0 Å². The molecular formula is C34H49O-. The van der Waals surface area contributed by atoms with E-state index in [1.54, 1.807) is 0 Å². The number of aryl methyl sites for hydroxylation is 2. The Hall–Kier alpha value is -2.80. The third kappa shape index (κ3) is 6.26. The lowest BCUT2D eigenvalue weighted by Gasteiger charge is -2.27. The Bertz CT molecular complexity index is 1200. The van der Waals surface area contributed by atoms with Gasteiger partial charge in [-0.05, 0) is 91.8 Å². The Labute approximate surface area is 216 Å². The smallest absolute Gasteiger partial charge is 0.138 e. The molecule has 0 saturated carbocycles. The first-order chi connectivity index (χ1) is 16.5. The minimum Gasteiger partial charge on any atom is -0.455 e. The molecule has 1 aliphatic heterocycles. The van der Waals surface area contributed by atoms with Gasteiger partial charge in [-0.3, -0.25) is 0 Å². The van der Waals surface area contributed by atoms with Crippen LogP contribution < -0.4 is 15.2 Å². The van der Waals surface area contributed by atoms with E-state index in [2.05, 4.69) is 90.1 Å². The number of rotatable bonds is 2. The van der Waals surface area contributed by atoms with Crippen molar-refractivity contribution in [1.82, 2.24) is 0 Å². The molecule has 1 heterocycles. The number of benzene rings is 3. The maximum atomic E-state index is 6.64. The zero-order valence-electron chi connectivity index (χ0n) is 24.7. The highest BCUT2D eigenvalue weighted by atomic mass is 16.5. The van der Waals surface area contributed by atoms with E-state index in [1.807, 2.05) is 41.5 Å². The quantitative estimate of drug-likeness (QED) is 0.264. The topological polar surface area (TPSA) is 9.23 Å². The zero-order chi connectivity index (χ0) is 26.0. The first-order valence-corrected chi connectivity index (χ1v) is 13.2. The second-order valence-corrected chi connectivity index (χ2v) is 7.77. The number of ether oxygens (including phenoxy) is 1. The normalized spacial score (nSPS) is 11.1. The van der Waals surface area contributed by atoms with Crippen molar-refractivity contribution < 1.29 is 4.74 Å². The van der Waals surface area contributed by atoms with Gasteiger partial charge >= 0.3 is 0 Å². The van der Waals surface area contributed by atoms with Crippen LogP contribution in [0.5, 0.6) is 11.5 Å². The summed E-state index contributed by atoms with van der Waals surface area (Å²) in [6.45, 7) is 25.1. The highest BCUT2D eigenvalue weighted by Gasteiger charge is 2.25. The first-order valence-electron chi connectivity index (χ1n) is 13.2. The lowest BCUT2D eigenvalue weighted by molar-refractivity contribution is 0.463. The molecule has 35 heavy (non-hydrogen) atoms. The molecule has 1 aliphatic rings. The zero-order valence-corrected chi connectivity index (χ0v) is 24.7. The fraction of sp³-hybridized carbons (Fsp3) is 0.382. The molecule has 0 atom stereocenters. The first kappa shape index (κ1) is 32.2. The molecular weight excluding hydrogens is 424 g/mol. The molecule has 0 N–H and O–H groups in total. The molecule has 0 spiro atoms. The van der Waals surface area contributed by atoms with Crippen LogP contribution in [-0.2, 0) is 6.42 Å². The van der Waals surface area contributed by atoms with Crippen molar-refractivity contribution in [3.8, 4) is 11.5 Å². The van der Waals surface area contributed by atoms with Gasteiger partial charge in [0.05, 0.1) is 0 Å². The van der Waals surface area contributed by atoms with Crippen LogP contribution in [0.2, 0.25) is 0 Å².